The van der Waals surface area contributed by atoms with Gasteiger partial charge in [-0.15, -0.1) is 10.2 Å². The number of benzene rings is 3. The van der Waals surface area contributed by atoms with Crippen LogP contribution in [0.1, 0.15) is 21.5 Å². The molecule has 0 aliphatic carbocycles. The van der Waals surface area contributed by atoms with E-state index in [2.05, 4.69) is 15.5 Å². The van der Waals surface area contributed by atoms with Crippen LogP contribution in [0.25, 0.3) is 10.9 Å². The number of aromatic hydroxyl groups is 1. The van der Waals surface area contributed by atoms with E-state index in [-0.39, 0.29) is 24.0 Å². The molecule has 32 heavy (non-hydrogen) atoms. The SMILES string of the molecule is Cc1ccc(NC(=O)Cn2c(O)c(N=NC(=O)c3ccc(C)cc3)c3ccccc32)cc1. The van der Waals surface area contributed by atoms with Gasteiger partial charge in [0, 0.05) is 16.6 Å². The molecular weight excluding hydrogens is 404 g/mol. The van der Waals surface area contributed by atoms with Gasteiger partial charge in [-0.3, -0.25) is 9.59 Å². The summed E-state index contributed by atoms with van der Waals surface area (Å²) >= 11 is 0. The minimum absolute atomic E-state index is 0.123. The third-order valence-electron chi connectivity index (χ3n) is 5.09. The summed E-state index contributed by atoms with van der Waals surface area (Å²) in [5.74, 6) is -1.05. The van der Waals surface area contributed by atoms with Crippen LogP contribution < -0.4 is 5.32 Å². The van der Waals surface area contributed by atoms with Crippen molar-refractivity contribution in [1.29, 1.82) is 0 Å². The number of hydrogen-bond acceptors (Lipinski definition) is 4. The molecule has 7 nitrogen and oxygen atoms in total. The molecule has 0 saturated carbocycles. The Hall–Kier alpha value is -4.26. The molecular formula is C25H22N4O3. The summed E-state index contributed by atoms with van der Waals surface area (Å²) in [6.45, 7) is 3.77. The first kappa shape index (κ1) is 21.0. The van der Waals surface area contributed by atoms with Crippen LogP contribution in [0.3, 0.4) is 0 Å². The number of fused-ring (bicyclic) bond motifs is 1. The zero-order chi connectivity index (χ0) is 22.7. The van der Waals surface area contributed by atoms with E-state index >= 15 is 0 Å². The number of azo groups is 1. The number of hydrogen-bond donors (Lipinski definition) is 2. The molecule has 4 rings (SSSR count). The smallest absolute Gasteiger partial charge is 0.295 e. The maximum atomic E-state index is 12.6. The van der Waals surface area contributed by atoms with Gasteiger partial charge < -0.3 is 15.0 Å². The molecule has 0 fully saturated rings. The molecule has 0 bridgehead atoms. The van der Waals surface area contributed by atoms with Crippen molar-refractivity contribution < 1.29 is 14.7 Å². The second-order valence-electron chi connectivity index (χ2n) is 7.56. The number of carbonyl (C=O) groups is 2. The van der Waals surface area contributed by atoms with E-state index in [4.69, 9.17) is 0 Å². The zero-order valence-corrected chi connectivity index (χ0v) is 17.7. The third kappa shape index (κ3) is 4.41. The lowest BCUT2D eigenvalue weighted by Gasteiger charge is -2.08. The lowest BCUT2D eigenvalue weighted by molar-refractivity contribution is -0.116. The first-order valence-corrected chi connectivity index (χ1v) is 10.1. The Labute approximate surface area is 185 Å². The van der Waals surface area contributed by atoms with Gasteiger partial charge in [-0.2, -0.15) is 0 Å². The van der Waals surface area contributed by atoms with Crippen LogP contribution in [0.2, 0.25) is 0 Å². The van der Waals surface area contributed by atoms with Crippen molar-refractivity contribution in [3.8, 4) is 5.88 Å². The Morgan fingerprint density at radius 3 is 2.22 bits per heavy atom. The van der Waals surface area contributed by atoms with Gasteiger partial charge in [-0.25, -0.2) is 0 Å². The molecule has 0 radical (unpaired) electrons. The number of nitrogens with zero attached hydrogens (tertiary/aromatic N) is 3. The minimum atomic E-state index is -0.515. The number of carbonyl (C=O) groups excluding carboxylic acids is 2. The topological polar surface area (TPSA) is 96.1 Å². The fourth-order valence-corrected chi connectivity index (χ4v) is 3.36. The fourth-order valence-electron chi connectivity index (χ4n) is 3.36. The fraction of sp³-hybridized carbons (Fsp3) is 0.120. The average molecular weight is 426 g/mol. The van der Waals surface area contributed by atoms with Gasteiger partial charge in [0.05, 0.1) is 5.52 Å². The van der Waals surface area contributed by atoms with Crippen LogP contribution in [0, 0.1) is 13.8 Å². The predicted molar refractivity (Wildman–Crippen MR) is 123 cm³/mol. The summed E-state index contributed by atoms with van der Waals surface area (Å²) in [7, 11) is 0. The highest BCUT2D eigenvalue weighted by molar-refractivity contribution is 5.99. The van der Waals surface area contributed by atoms with Crippen molar-refractivity contribution >= 4 is 34.1 Å². The van der Waals surface area contributed by atoms with Gasteiger partial charge in [0.15, 0.2) is 5.69 Å². The van der Waals surface area contributed by atoms with E-state index in [1.807, 2.05) is 50.2 Å². The molecule has 160 valence electrons. The van der Waals surface area contributed by atoms with Crippen molar-refractivity contribution in [2.45, 2.75) is 20.4 Å². The second kappa shape index (κ2) is 8.85. The van der Waals surface area contributed by atoms with E-state index in [0.29, 0.717) is 22.2 Å². The normalized spacial score (nSPS) is 11.2. The van der Waals surface area contributed by atoms with Crippen LogP contribution in [-0.4, -0.2) is 21.5 Å². The average Bonchev–Trinajstić information content (AvgIpc) is 3.05. The molecule has 0 atom stereocenters. The lowest BCUT2D eigenvalue weighted by Crippen LogP contribution is -2.18. The van der Waals surface area contributed by atoms with Gasteiger partial charge in [-0.05, 0) is 44.2 Å². The standard InChI is InChI=1S/C25H22N4O3/c1-16-7-11-18(12-8-16)24(31)28-27-23-20-5-3-4-6-21(20)29(25(23)32)15-22(30)26-19-13-9-17(2)10-14-19/h3-14,32H,15H2,1-2H3,(H,26,30). The second-order valence-corrected chi connectivity index (χ2v) is 7.56. The maximum absolute atomic E-state index is 12.6. The monoisotopic (exact) mass is 426 g/mol. The summed E-state index contributed by atoms with van der Waals surface area (Å²) in [5.41, 5.74) is 3.94. The molecule has 4 aromatic rings. The minimum Gasteiger partial charge on any atom is -0.493 e. The number of amides is 2. The maximum Gasteiger partial charge on any atom is 0.295 e. The Morgan fingerprint density at radius 1 is 0.906 bits per heavy atom. The molecule has 0 saturated heterocycles. The number of aromatic nitrogens is 1. The summed E-state index contributed by atoms with van der Waals surface area (Å²) in [5, 5.41) is 22.0. The van der Waals surface area contributed by atoms with Gasteiger partial charge in [0.25, 0.3) is 5.91 Å². The summed E-state index contributed by atoms with van der Waals surface area (Å²) in [6.07, 6.45) is 0. The van der Waals surface area contributed by atoms with Crippen molar-refractivity contribution in [3.05, 3.63) is 89.5 Å². The Kier molecular flexibility index (Phi) is 5.81. The van der Waals surface area contributed by atoms with Crippen molar-refractivity contribution in [2.75, 3.05) is 5.32 Å². The highest BCUT2D eigenvalue weighted by atomic mass is 16.3. The molecule has 0 unspecified atom stereocenters. The molecule has 7 heteroatoms. The van der Waals surface area contributed by atoms with Crippen molar-refractivity contribution in [3.63, 3.8) is 0 Å². The van der Waals surface area contributed by atoms with Gasteiger partial charge in [-0.1, -0.05) is 53.6 Å². The van der Waals surface area contributed by atoms with Crippen LogP contribution in [-0.2, 0) is 11.3 Å². The quantitative estimate of drug-likeness (QED) is 0.411. The molecule has 0 spiro atoms. The largest absolute Gasteiger partial charge is 0.493 e. The highest BCUT2D eigenvalue weighted by Gasteiger charge is 2.19. The van der Waals surface area contributed by atoms with E-state index < -0.39 is 5.91 Å². The molecule has 3 aromatic carbocycles. The van der Waals surface area contributed by atoms with Crippen LogP contribution >= 0.6 is 0 Å². The molecule has 2 amide bonds. The molecule has 0 aliphatic heterocycles. The summed E-state index contributed by atoms with van der Waals surface area (Å²) in [6, 6.07) is 21.6. The van der Waals surface area contributed by atoms with E-state index in [0.717, 1.165) is 11.1 Å². The van der Waals surface area contributed by atoms with Crippen LogP contribution in [0.5, 0.6) is 5.88 Å². The highest BCUT2D eigenvalue weighted by Crippen LogP contribution is 2.38. The van der Waals surface area contributed by atoms with Crippen LogP contribution in [0.4, 0.5) is 11.4 Å². The summed E-state index contributed by atoms with van der Waals surface area (Å²) in [4.78, 5) is 25.0. The Morgan fingerprint density at radius 2 is 1.53 bits per heavy atom. The van der Waals surface area contributed by atoms with E-state index in [9.17, 15) is 14.7 Å². The van der Waals surface area contributed by atoms with Gasteiger partial charge in [0.2, 0.25) is 11.8 Å². The number of aryl methyl sites for hydroxylation is 2. The third-order valence-corrected chi connectivity index (χ3v) is 5.09. The lowest BCUT2D eigenvalue weighted by atomic mass is 10.1. The molecule has 0 aliphatic rings. The number of anilines is 1. The Balaban J connectivity index is 1.61. The number of para-hydroxylation sites is 1. The van der Waals surface area contributed by atoms with Gasteiger partial charge >= 0.3 is 0 Å². The number of rotatable bonds is 5. The first-order chi connectivity index (χ1) is 15.4. The molecule has 1 aromatic heterocycles. The Bertz CT molecular complexity index is 1320. The number of nitrogens with one attached hydrogen (secondary N) is 1. The van der Waals surface area contributed by atoms with Crippen LogP contribution in [0.15, 0.2) is 83.0 Å². The van der Waals surface area contributed by atoms with Crippen molar-refractivity contribution in [2.24, 2.45) is 10.2 Å². The first-order valence-electron chi connectivity index (χ1n) is 10.1. The van der Waals surface area contributed by atoms with Gasteiger partial charge in [0.1, 0.15) is 6.54 Å². The van der Waals surface area contributed by atoms with E-state index in [1.165, 1.54) is 4.57 Å². The predicted octanol–water partition coefficient (Wildman–Crippen LogP) is 5.53. The molecule has 2 N–H and O–H groups in total. The zero-order valence-electron chi connectivity index (χ0n) is 17.7. The van der Waals surface area contributed by atoms with Crippen molar-refractivity contribution in [1.82, 2.24) is 4.57 Å². The van der Waals surface area contributed by atoms with E-state index in [1.54, 1.807) is 36.4 Å². The summed E-state index contributed by atoms with van der Waals surface area (Å²) < 4.78 is 1.45. The molecule has 1 heterocycles.